The maximum absolute atomic E-state index is 5.74. The molecule has 0 aliphatic heterocycles. The zero-order chi connectivity index (χ0) is 12.0. The Hall–Kier alpha value is -0.820. The largest absolute Gasteiger partial charge is 0.373 e. The van der Waals surface area contributed by atoms with Gasteiger partial charge in [-0.1, -0.05) is 25.7 Å². The van der Waals surface area contributed by atoms with Crippen LogP contribution in [0, 0.1) is 17.8 Å². The summed E-state index contributed by atoms with van der Waals surface area (Å²) in [5.41, 5.74) is 6.35. The fourth-order valence-electron chi connectivity index (χ4n) is 1.08. The van der Waals surface area contributed by atoms with Crippen LogP contribution >= 0.6 is 11.3 Å². The quantitative estimate of drug-likeness (QED) is 0.817. The van der Waals surface area contributed by atoms with E-state index in [2.05, 4.69) is 38.7 Å². The minimum atomic E-state index is 0.292. The van der Waals surface area contributed by atoms with Crippen LogP contribution in [0.5, 0.6) is 0 Å². The molecule has 0 aromatic carbocycles. The van der Waals surface area contributed by atoms with Crippen molar-refractivity contribution in [3.05, 3.63) is 21.9 Å². The first-order valence-corrected chi connectivity index (χ1v) is 6.39. The molecule has 0 spiro atoms. The van der Waals surface area contributed by atoms with Crippen molar-refractivity contribution in [1.29, 1.82) is 0 Å². The molecule has 2 nitrogen and oxygen atoms in total. The van der Waals surface area contributed by atoms with Gasteiger partial charge in [-0.15, -0.1) is 11.3 Å². The summed E-state index contributed by atoms with van der Waals surface area (Å²) in [6, 6.07) is 2.07. The molecule has 0 aliphatic rings. The molecular weight excluding hydrogens is 218 g/mol. The first-order chi connectivity index (χ1) is 7.63. The van der Waals surface area contributed by atoms with Crippen molar-refractivity contribution >= 4 is 11.3 Å². The van der Waals surface area contributed by atoms with Crippen molar-refractivity contribution < 1.29 is 4.74 Å². The second-order valence-electron chi connectivity index (χ2n) is 4.07. The van der Waals surface area contributed by atoms with Gasteiger partial charge in [-0.2, -0.15) is 0 Å². The lowest BCUT2D eigenvalue weighted by atomic mass is 10.1. The molecule has 16 heavy (non-hydrogen) atoms. The topological polar surface area (TPSA) is 35.2 Å². The van der Waals surface area contributed by atoms with Gasteiger partial charge in [0.15, 0.2) is 0 Å². The molecule has 0 saturated carbocycles. The molecule has 1 rings (SSSR count). The molecule has 2 N–H and O–H groups in total. The molecule has 88 valence electrons. The Labute approximate surface area is 102 Å². The summed E-state index contributed by atoms with van der Waals surface area (Å²) in [6.07, 6.45) is 0.292. The van der Waals surface area contributed by atoms with Crippen molar-refractivity contribution in [2.75, 3.05) is 6.54 Å². The van der Waals surface area contributed by atoms with Gasteiger partial charge in [0.05, 0.1) is 19.3 Å². The number of thiophene rings is 1. The smallest absolute Gasteiger partial charge is 0.0813 e. The zero-order valence-corrected chi connectivity index (χ0v) is 10.9. The predicted octanol–water partition coefficient (Wildman–Crippen LogP) is 2.62. The fraction of sp³-hybridized carbons (Fsp3) is 0.538. The zero-order valence-electron chi connectivity index (χ0n) is 10.1. The van der Waals surface area contributed by atoms with Crippen LogP contribution in [0.2, 0.25) is 0 Å². The molecule has 1 aromatic heterocycles. The molecule has 0 saturated heterocycles. The van der Waals surface area contributed by atoms with Gasteiger partial charge in [-0.05, 0) is 18.9 Å². The van der Waals surface area contributed by atoms with E-state index in [4.69, 9.17) is 10.5 Å². The van der Waals surface area contributed by atoms with Gasteiger partial charge in [0, 0.05) is 15.8 Å². The summed E-state index contributed by atoms with van der Waals surface area (Å²) in [5.74, 6) is 6.41. The van der Waals surface area contributed by atoms with E-state index in [1.165, 1.54) is 4.88 Å². The van der Waals surface area contributed by atoms with Gasteiger partial charge in [-0.3, -0.25) is 0 Å². The lowest BCUT2D eigenvalue weighted by Crippen LogP contribution is -2.14. The Morgan fingerprint density at radius 3 is 2.81 bits per heavy atom. The molecule has 3 heteroatoms. The van der Waals surface area contributed by atoms with Gasteiger partial charge in [0.1, 0.15) is 0 Å². The fourth-order valence-corrected chi connectivity index (χ4v) is 1.82. The lowest BCUT2D eigenvalue weighted by Gasteiger charge is -2.15. The van der Waals surface area contributed by atoms with Gasteiger partial charge in [-0.25, -0.2) is 0 Å². The third kappa shape index (κ3) is 4.36. The van der Waals surface area contributed by atoms with Gasteiger partial charge < -0.3 is 10.5 Å². The van der Waals surface area contributed by atoms with E-state index in [1.807, 2.05) is 5.38 Å². The van der Waals surface area contributed by atoms with Crippen LogP contribution < -0.4 is 5.73 Å². The molecule has 0 bridgehead atoms. The molecule has 0 aliphatic carbocycles. The monoisotopic (exact) mass is 237 g/mol. The molecule has 1 heterocycles. The van der Waals surface area contributed by atoms with Crippen molar-refractivity contribution in [2.24, 2.45) is 11.7 Å². The summed E-state index contributed by atoms with van der Waals surface area (Å²) in [6.45, 7) is 7.52. The maximum atomic E-state index is 5.74. The molecule has 0 amide bonds. The van der Waals surface area contributed by atoms with Gasteiger partial charge in [0.25, 0.3) is 0 Å². The van der Waals surface area contributed by atoms with E-state index in [9.17, 15) is 0 Å². The minimum absolute atomic E-state index is 0.292. The van der Waals surface area contributed by atoms with Crippen LogP contribution in [0.15, 0.2) is 11.4 Å². The highest BCUT2D eigenvalue weighted by atomic mass is 32.1. The van der Waals surface area contributed by atoms with Crippen LogP contribution in [-0.4, -0.2) is 12.6 Å². The Balaban J connectivity index is 2.46. The van der Waals surface area contributed by atoms with Crippen LogP contribution in [-0.2, 0) is 11.3 Å². The van der Waals surface area contributed by atoms with Crippen molar-refractivity contribution in [3.8, 4) is 11.8 Å². The first-order valence-electron chi connectivity index (χ1n) is 5.51. The Morgan fingerprint density at radius 2 is 2.19 bits per heavy atom. The number of hydrogen-bond acceptors (Lipinski definition) is 3. The number of hydrogen-bond donors (Lipinski definition) is 1. The van der Waals surface area contributed by atoms with E-state index in [0.29, 0.717) is 25.2 Å². The SMILES string of the molecule is CC(C)C(C)OCc1cc(C#CCN)cs1. The summed E-state index contributed by atoms with van der Waals surface area (Å²) in [7, 11) is 0. The predicted molar refractivity (Wildman–Crippen MR) is 69.3 cm³/mol. The van der Waals surface area contributed by atoms with Gasteiger partial charge in [0.2, 0.25) is 0 Å². The number of ether oxygens (including phenoxy) is 1. The van der Waals surface area contributed by atoms with Crippen LogP contribution in [0.1, 0.15) is 31.2 Å². The minimum Gasteiger partial charge on any atom is -0.373 e. The summed E-state index contributed by atoms with van der Waals surface area (Å²) < 4.78 is 5.74. The third-order valence-electron chi connectivity index (χ3n) is 2.42. The van der Waals surface area contributed by atoms with Crippen molar-refractivity contribution in [2.45, 2.75) is 33.5 Å². The molecule has 0 radical (unpaired) electrons. The van der Waals surface area contributed by atoms with Crippen molar-refractivity contribution in [3.63, 3.8) is 0 Å². The molecule has 0 fully saturated rings. The third-order valence-corrected chi connectivity index (χ3v) is 3.33. The van der Waals surface area contributed by atoms with E-state index in [1.54, 1.807) is 11.3 Å². The van der Waals surface area contributed by atoms with Crippen molar-refractivity contribution in [1.82, 2.24) is 0 Å². The Bertz CT molecular complexity index is 373. The Kier molecular flexibility index (Phi) is 5.54. The van der Waals surface area contributed by atoms with Crippen LogP contribution in [0.25, 0.3) is 0 Å². The lowest BCUT2D eigenvalue weighted by molar-refractivity contribution is 0.0249. The second-order valence-corrected chi connectivity index (χ2v) is 5.06. The summed E-state index contributed by atoms with van der Waals surface area (Å²) >= 11 is 1.69. The Morgan fingerprint density at radius 1 is 1.44 bits per heavy atom. The second kappa shape index (κ2) is 6.70. The molecular formula is C13H19NOS. The van der Waals surface area contributed by atoms with E-state index < -0.39 is 0 Å². The highest BCUT2D eigenvalue weighted by Crippen LogP contribution is 2.17. The molecule has 1 unspecified atom stereocenters. The van der Waals surface area contributed by atoms with E-state index in [0.717, 1.165) is 5.56 Å². The molecule has 1 atom stereocenters. The summed E-state index contributed by atoms with van der Waals surface area (Å²) in [5, 5.41) is 2.04. The molecule has 1 aromatic rings. The number of rotatable bonds is 4. The standard InChI is InChI=1S/C13H19NOS/c1-10(2)11(3)15-8-13-7-12(9-16-13)5-4-6-14/h7,9-11H,6,8,14H2,1-3H3. The maximum Gasteiger partial charge on any atom is 0.0813 e. The highest BCUT2D eigenvalue weighted by molar-refractivity contribution is 7.10. The summed E-state index contributed by atoms with van der Waals surface area (Å²) in [4.78, 5) is 1.22. The average Bonchev–Trinajstić information content (AvgIpc) is 2.70. The first kappa shape index (κ1) is 13.2. The average molecular weight is 237 g/mol. The van der Waals surface area contributed by atoms with Crippen LogP contribution in [0.4, 0.5) is 0 Å². The normalized spacial score (nSPS) is 12.3. The van der Waals surface area contributed by atoms with Gasteiger partial charge >= 0.3 is 0 Å². The highest BCUT2D eigenvalue weighted by Gasteiger charge is 2.07. The van der Waals surface area contributed by atoms with E-state index in [-0.39, 0.29) is 0 Å². The van der Waals surface area contributed by atoms with E-state index >= 15 is 0 Å². The number of nitrogens with two attached hydrogens (primary N) is 1. The van der Waals surface area contributed by atoms with Crippen LogP contribution in [0.3, 0.4) is 0 Å².